The summed E-state index contributed by atoms with van der Waals surface area (Å²) in [6.07, 6.45) is 1.23. The molecule has 0 radical (unpaired) electrons. The van der Waals surface area contributed by atoms with E-state index in [4.69, 9.17) is 11.6 Å². The number of aromatic nitrogens is 2. The van der Waals surface area contributed by atoms with E-state index in [1.165, 1.54) is 6.42 Å². The fourth-order valence-electron chi connectivity index (χ4n) is 2.30. The van der Waals surface area contributed by atoms with Crippen molar-refractivity contribution in [2.45, 2.75) is 18.5 Å². The summed E-state index contributed by atoms with van der Waals surface area (Å²) in [5, 5.41) is 11.9. The Labute approximate surface area is 87.3 Å². The first-order chi connectivity index (χ1) is 6.83. The first kappa shape index (κ1) is 8.44. The molecule has 0 aromatic carbocycles. The summed E-state index contributed by atoms with van der Waals surface area (Å²) in [4.78, 5) is 2.31. The lowest BCUT2D eigenvalue weighted by atomic mass is 10.2. The third kappa shape index (κ3) is 1.26. The van der Waals surface area contributed by atoms with Gasteiger partial charge >= 0.3 is 0 Å². The number of fused-ring (bicyclic) bond motifs is 2. The van der Waals surface area contributed by atoms with Crippen LogP contribution in [0.1, 0.15) is 6.42 Å². The summed E-state index contributed by atoms with van der Waals surface area (Å²) in [7, 11) is 0. The van der Waals surface area contributed by atoms with Crippen molar-refractivity contribution in [1.29, 1.82) is 0 Å². The minimum atomic E-state index is 0.455. The van der Waals surface area contributed by atoms with E-state index in [9.17, 15) is 0 Å². The first-order valence-electron chi connectivity index (χ1n) is 4.82. The SMILES string of the molecule is Clc1ccc(N2C[C@@H]3CC2CN3)nn1. The Morgan fingerprint density at radius 3 is 2.93 bits per heavy atom. The van der Waals surface area contributed by atoms with Crippen molar-refractivity contribution in [1.82, 2.24) is 15.5 Å². The van der Waals surface area contributed by atoms with Gasteiger partial charge in [0.05, 0.1) is 0 Å². The van der Waals surface area contributed by atoms with E-state index in [1.807, 2.05) is 6.07 Å². The van der Waals surface area contributed by atoms with Gasteiger partial charge in [-0.1, -0.05) is 11.6 Å². The molecule has 74 valence electrons. The molecular formula is C9H11ClN4. The third-order valence-corrected chi connectivity index (χ3v) is 3.17. The molecule has 0 spiro atoms. The van der Waals surface area contributed by atoms with Gasteiger partial charge in [-0.2, -0.15) is 0 Å². The topological polar surface area (TPSA) is 41.0 Å². The summed E-state index contributed by atoms with van der Waals surface area (Å²) in [5.74, 6) is 0.948. The number of hydrogen-bond donors (Lipinski definition) is 1. The second kappa shape index (κ2) is 3.07. The lowest BCUT2D eigenvalue weighted by Crippen LogP contribution is -2.44. The molecule has 1 aromatic rings. The number of piperazine rings is 1. The van der Waals surface area contributed by atoms with Gasteiger partial charge in [0, 0.05) is 25.2 Å². The Morgan fingerprint density at radius 2 is 2.36 bits per heavy atom. The highest BCUT2D eigenvalue weighted by Gasteiger charge is 2.38. The van der Waals surface area contributed by atoms with Crippen LogP contribution in [0.2, 0.25) is 5.15 Å². The highest BCUT2D eigenvalue weighted by atomic mass is 35.5. The van der Waals surface area contributed by atoms with Crippen LogP contribution in [0.5, 0.6) is 0 Å². The zero-order valence-electron chi connectivity index (χ0n) is 7.65. The van der Waals surface area contributed by atoms with Crippen molar-refractivity contribution in [3.8, 4) is 0 Å². The minimum Gasteiger partial charge on any atom is -0.349 e. The molecule has 2 atom stereocenters. The molecule has 5 heteroatoms. The Bertz CT molecular complexity index is 339. The fourth-order valence-corrected chi connectivity index (χ4v) is 2.40. The zero-order valence-corrected chi connectivity index (χ0v) is 8.41. The van der Waals surface area contributed by atoms with Crippen LogP contribution in [0, 0.1) is 0 Å². The normalized spacial score (nSPS) is 29.9. The van der Waals surface area contributed by atoms with Crippen LogP contribution in [-0.2, 0) is 0 Å². The number of nitrogens with one attached hydrogen (secondary N) is 1. The van der Waals surface area contributed by atoms with Crippen molar-refractivity contribution in [2.24, 2.45) is 0 Å². The van der Waals surface area contributed by atoms with Crippen LogP contribution >= 0.6 is 11.6 Å². The van der Waals surface area contributed by atoms with Gasteiger partial charge in [-0.3, -0.25) is 0 Å². The molecule has 2 saturated heterocycles. The van der Waals surface area contributed by atoms with Gasteiger partial charge in [0.15, 0.2) is 11.0 Å². The summed E-state index contributed by atoms with van der Waals surface area (Å²) in [6.45, 7) is 2.11. The van der Waals surface area contributed by atoms with E-state index in [2.05, 4.69) is 20.4 Å². The first-order valence-corrected chi connectivity index (χ1v) is 5.20. The highest BCUT2D eigenvalue weighted by Crippen LogP contribution is 2.27. The molecule has 0 saturated carbocycles. The second-order valence-corrected chi connectivity index (χ2v) is 4.25. The predicted molar refractivity (Wildman–Crippen MR) is 54.6 cm³/mol. The fraction of sp³-hybridized carbons (Fsp3) is 0.556. The molecule has 4 nitrogen and oxygen atoms in total. The number of halogens is 1. The quantitative estimate of drug-likeness (QED) is 0.740. The molecule has 2 bridgehead atoms. The Hall–Kier alpha value is -0.870. The molecule has 3 heterocycles. The predicted octanol–water partition coefficient (Wildman–Crippen LogP) is 0.680. The van der Waals surface area contributed by atoms with Crippen molar-refractivity contribution < 1.29 is 0 Å². The Kier molecular flexibility index (Phi) is 1.85. The molecule has 3 rings (SSSR count). The van der Waals surface area contributed by atoms with E-state index in [0.717, 1.165) is 18.9 Å². The highest BCUT2D eigenvalue weighted by molar-refractivity contribution is 6.29. The van der Waals surface area contributed by atoms with Gasteiger partial charge in [0.25, 0.3) is 0 Å². The maximum atomic E-state index is 5.69. The van der Waals surface area contributed by atoms with E-state index < -0.39 is 0 Å². The zero-order chi connectivity index (χ0) is 9.54. The minimum absolute atomic E-state index is 0.455. The van der Waals surface area contributed by atoms with Gasteiger partial charge in [0.1, 0.15) is 0 Å². The van der Waals surface area contributed by atoms with Crippen LogP contribution < -0.4 is 10.2 Å². The van der Waals surface area contributed by atoms with Gasteiger partial charge in [0.2, 0.25) is 0 Å². The molecule has 2 aliphatic rings. The monoisotopic (exact) mass is 210 g/mol. The van der Waals surface area contributed by atoms with Crippen LogP contribution in [0.15, 0.2) is 12.1 Å². The number of anilines is 1. The van der Waals surface area contributed by atoms with Gasteiger partial charge in [-0.15, -0.1) is 10.2 Å². The molecule has 2 fully saturated rings. The van der Waals surface area contributed by atoms with Crippen LogP contribution in [-0.4, -0.2) is 35.4 Å². The lowest BCUT2D eigenvalue weighted by molar-refractivity contribution is 0.574. The Morgan fingerprint density at radius 1 is 1.43 bits per heavy atom. The summed E-state index contributed by atoms with van der Waals surface area (Å²) in [5.41, 5.74) is 0. The van der Waals surface area contributed by atoms with Gasteiger partial charge in [-0.05, 0) is 18.6 Å². The molecule has 0 amide bonds. The van der Waals surface area contributed by atoms with Crippen molar-refractivity contribution in [3.05, 3.63) is 17.3 Å². The van der Waals surface area contributed by atoms with E-state index >= 15 is 0 Å². The number of hydrogen-bond acceptors (Lipinski definition) is 4. The van der Waals surface area contributed by atoms with Crippen molar-refractivity contribution in [3.63, 3.8) is 0 Å². The molecule has 0 aliphatic carbocycles. The number of nitrogens with zero attached hydrogens (tertiary/aromatic N) is 3. The summed E-state index contributed by atoms with van der Waals surface area (Å²) in [6, 6.07) is 4.97. The largest absolute Gasteiger partial charge is 0.349 e. The molecule has 2 aliphatic heterocycles. The average molecular weight is 211 g/mol. The molecule has 1 aromatic heterocycles. The maximum absolute atomic E-state index is 5.69. The van der Waals surface area contributed by atoms with Crippen LogP contribution in [0.25, 0.3) is 0 Å². The van der Waals surface area contributed by atoms with Crippen molar-refractivity contribution in [2.75, 3.05) is 18.0 Å². The van der Waals surface area contributed by atoms with Crippen molar-refractivity contribution >= 4 is 17.4 Å². The lowest BCUT2D eigenvalue weighted by Gasteiger charge is -2.27. The molecule has 1 unspecified atom stereocenters. The maximum Gasteiger partial charge on any atom is 0.151 e. The van der Waals surface area contributed by atoms with Crippen LogP contribution in [0.3, 0.4) is 0 Å². The van der Waals surface area contributed by atoms with E-state index in [0.29, 0.717) is 17.2 Å². The summed E-state index contributed by atoms with van der Waals surface area (Å²) < 4.78 is 0. The van der Waals surface area contributed by atoms with Crippen LogP contribution in [0.4, 0.5) is 5.82 Å². The number of rotatable bonds is 1. The smallest absolute Gasteiger partial charge is 0.151 e. The molecule has 14 heavy (non-hydrogen) atoms. The van der Waals surface area contributed by atoms with Gasteiger partial charge < -0.3 is 10.2 Å². The van der Waals surface area contributed by atoms with E-state index in [-0.39, 0.29) is 0 Å². The second-order valence-electron chi connectivity index (χ2n) is 3.86. The summed E-state index contributed by atoms with van der Waals surface area (Å²) >= 11 is 5.69. The molecular weight excluding hydrogens is 200 g/mol. The van der Waals surface area contributed by atoms with Gasteiger partial charge in [-0.25, -0.2) is 0 Å². The standard InChI is InChI=1S/C9H11ClN4/c10-8-1-2-9(13-12-8)14-5-6-3-7(14)4-11-6/h1-2,6-7,11H,3-5H2/t6-,7?/m0/s1. The third-order valence-electron chi connectivity index (χ3n) is 2.97. The Balaban J connectivity index is 1.86. The average Bonchev–Trinajstić information content (AvgIpc) is 2.80. The molecule has 1 N–H and O–H groups in total. The van der Waals surface area contributed by atoms with E-state index in [1.54, 1.807) is 6.07 Å².